The fourth-order valence-corrected chi connectivity index (χ4v) is 3.84. The average molecular weight is 515 g/mol. The number of aromatic nitrogens is 3. The van der Waals surface area contributed by atoms with E-state index >= 15 is 0 Å². The van der Waals surface area contributed by atoms with E-state index in [0.717, 1.165) is 5.41 Å². The molecule has 0 atom stereocenters. The smallest absolute Gasteiger partial charge is 0.254 e. The monoisotopic (exact) mass is 514 g/mol. The van der Waals surface area contributed by atoms with Crippen molar-refractivity contribution in [2.24, 2.45) is 5.73 Å². The highest BCUT2D eigenvalue weighted by atomic mass is 32.2. The molecule has 0 aliphatic carbocycles. The first kappa shape index (κ1) is 26.7. The average Bonchev–Trinajstić information content (AvgIpc) is 3.20. The van der Waals surface area contributed by atoms with Crippen LogP contribution in [-0.4, -0.2) is 49.4 Å². The molecule has 12 heteroatoms. The third kappa shape index (κ3) is 6.40. The molecule has 0 unspecified atom stereocenters. The van der Waals surface area contributed by atoms with E-state index in [2.05, 4.69) is 21.6 Å². The summed E-state index contributed by atoms with van der Waals surface area (Å²) < 4.78 is 38.2. The molecule has 1 aromatic carbocycles. The van der Waals surface area contributed by atoms with Gasteiger partial charge in [-0.2, -0.15) is 5.10 Å². The molecule has 2 heterocycles. The van der Waals surface area contributed by atoms with Crippen LogP contribution in [0.25, 0.3) is 11.3 Å². The van der Waals surface area contributed by atoms with Crippen molar-refractivity contribution in [3.05, 3.63) is 60.1 Å². The molecule has 0 bridgehead atoms. The Balaban J connectivity index is 2.05. The quantitative estimate of drug-likeness (QED) is 0.329. The van der Waals surface area contributed by atoms with Gasteiger partial charge in [0.2, 0.25) is 5.88 Å². The summed E-state index contributed by atoms with van der Waals surface area (Å²) in [5.74, 6) is 0.109. The highest BCUT2D eigenvalue weighted by molar-refractivity contribution is 7.95. The van der Waals surface area contributed by atoms with Gasteiger partial charge in [-0.1, -0.05) is 18.7 Å². The second-order valence-electron chi connectivity index (χ2n) is 8.76. The molecule has 11 nitrogen and oxygen atoms in total. The molecule has 0 saturated carbocycles. The molecule has 0 saturated heterocycles. The van der Waals surface area contributed by atoms with Crippen LogP contribution < -0.4 is 20.5 Å². The molecule has 2 aromatic heterocycles. The van der Waals surface area contributed by atoms with Crippen LogP contribution in [-0.2, 0) is 20.3 Å². The number of amides is 1. The molecular weight excluding hydrogens is 484 g/mol. The Morgan fingerprint density at radius 1 is 1.17 bits per heavy atom. The Labute approximate surface area is 210 Å². The molecule has 3 aromatic rings. The Morgan fingerprint density at radius 2 is 1.86 bits per heavy atom. The maximum Gasteiger partial charge on any atom is 0.254 e. The maximum atomic E-state index is 12.7. The number of primary amides is 1. The maximum absolute atomic E-state index is 12.7. The molecule has 0 spiro atoms. The number of nitrogens with two attached hydrogens (primary N) is 1. The number of nitrogens with one attached hydrogen (secondary N) is 2. The zero-order valence-corrected chi connectivity index (χ0v) is 21.4. The minimum atomic E-state index is -3.65. The minimum Gasteiger partial charge on any atom is -0.475 e. The van der Waals surface area contributed by atoms with Crippen molar-refractivity contribution in [1.29, 1.82) is 0 Å². The molecule has 1 amide bonds. The van der Waals surface area contributed by atoms with Crippen molar-refractivity contribution in [1.82, 2.24) is 14.8 Å². The van der Waals surface area contributed by atoms with E-state index in [0.29, 0.717) is 47.5 Å². The summed E-state index contributed by atoms with van der Waals surface area (Å²) in [6.07, 6.45) is 1.58. The van der Waals surface area contributed by atoms with Gasteiger partial charge in [0, 0.05) is 41.7 Å². The first-order valence-electron chi connectivity index (χ1n) is 11.0. The van der Waals surface area contributed by atoms with Gasteiger partial charge < -0.3 is 20.5 Å². The highest BCUT2D eigenvalue weighted by Crippen LogP contribution is 2.35. The first-order chi connectivity index (χ1) is 16.9. The topological polar surface area (TPSA) is 150 Å². The number of methoxy groups -OCH3 is 1. The molecule has 36 heavy (non-hydrogen) atoms. The van der Waals surface area contributed by atoms with Crippen LogP contribution in [0, 0.1) is 0 Å². The van der Waals surface area contributed by atoms with Crippen molar-refractivity contribution < 1.29 is 22.7 Å². The van der Waals surface area contributed by atoms with Gasteiger partial charge in [0.1, 0.15) is 23.7 Å². The number of nitrogens with zero attached hydrogens (tertiary/aromatic N) is 3. The van der Waals surface area contributed by atoms with Gasteiger partial charge in [-0.15, -0.1) is 0 Å². The Hall–Kier alpha value is -3.90. The van der Waals surface area contributed by atoms with E-state index in [9.17, 15) is 13.2 Å². The number of carbonyl (C=O) groups excluding carboxylic acids is 1. The number of ether oxygens (including phenoxy) is 2. The summed E-state index contributed by atoms with van der Waals surface area (Å²) in [6, 6.07) is 9.86. The number of hydrogen-bond donors (Lipinski definition) is 3. The predicted molar refractivity (Wildman–Crippen MR) is 139 cm³/mol. The van der Waals surface area contributed by atoms with E-state index < -0.39 is 21.5 Å². The molecule has 192 valence electrons. The first-order valence-corrected chi connectivity index (χ1v) is 12.5. The number of rotatable bonds is 11. The fourth-order valence-electron chi connectivity index (χ4n) is 3.29. The van der Waals surface area contributed by atoms with Crippen LogP contribution in [0.5, 0.6) is 5.88 Å². The fraction of sp³-hybridized carbons (Fsp3) is 0.292. The number of anilines is 3. The van der Waals surface area contributed by atoms with Crippen LogP contribution >= 0.6 is 0 Å². The molecule has 0 radical (unpaired) electrons. The largest absolute Gasteiger partial charge is 0.475 e. The van der Waals surface area contributed by atoms with Crippen molar-refractivity contribution in [3.63, 3.8) is 0 Å². The molecular formula is C24H30N6O5S. The second kappa shape index (κ2) is 10.8. The van der Waals surface area contributed by atoms with Crippen molar-refractivity contribution in [3.8, 4) is 17.1 Å². The second-order valence-corrected chi connectivity index (χ2v) is 10.4. The van der Waals surface area contributed by atoms with Gasteiger partial charge in [0.05, 0.1) is 12.1 Å². The normalized spacial score (nSPS) is 11.7. The zero-order chi connectivity index (χ0) is 26.5. The lowest BCUT2D eigenvalue weighted by Gasteiger charge is -2.23. The summed E-state index contributed by atoms with van der Waals surface area (Å²) in [6.45, 7) is 9.86. The van der Waals surface area contributed by atoms with E-state index in [4.69, 9.17) is 20.3 Å². The Kier molecular flexibility index (Phi) is 8.00. The molecule has 3 rings (SSSR count). The van der Waals surface area contributed by atoms with Gasteiger partial charge in [-0.25, -0.2) is 18.1 Å². The van der Waals surface area contributed by atoms with E-state index in [-0.39, 0.29) is 5.56 Å². The van der Waals surface area contributed by atoms with E-state index in [1.807, 2.05) is 20.8 Å². The summed E-state index contributed by atoms with van der Waals surface area (Å²) >= 11 is 0. The summed E-state index contributed by atoms with van der Waals surface area (Å²) in [5, 5.41) is 8.78. The van der Waals surface area contributed by atoms with Crippen molar-refractivity contribution in [2.45, 2.75) is 26.3 Å². The number of hydrogen-bond acceptors (Lipinski definition) is 8. The summed E-state index contributed by atoms with van der Waals surface area (Å²) in [5.41, 5.74) is 7.37. The molecule has 0 aliphatic heterocycles. The van der Waals surface area contributed by atoms with E-state index in [1.165, 1.54) is 0 Å². The molecule has 0 fully saturated rings. The Morgan fingerprint density at radius 3 is 2.44 bits per heavy atom. The lowest BCUT2D eigenvalue weighted by Crippen LogP contribution is -2.25. The minimum absolute atomic E-state index is 0.183. The number of sulfonamides is 1. The van der Waals surface area contributed by atoms with Crippen molar-refractivity contribution >= 4 is 33.1 Å². The number of carbonyl (C=O) groups is 1. The lowest BCUT2D eigenvalue weighted by molar-refractivity contribution is 0.100. The molecule has 4 N–H and O–H groups in total. The Bertz CT molecular complexity index is 1340. The van der Waals surface area contributed by atoms with Gasteiger partial charge in [-0.3, -0.25) is 9.52 Å². The SMILES string of the molecule is C=CS(=O)(=O)Nc1ccc(-c2nn(C(C)(C)C)c(Nc3ccnc(OCCOC)c3)c2C(N)=O)cc1. The number of pyridine rings is 1. The van der Waals surface area contributed by atoms with Gasteiger partial charge in [0.25, 0.3) is 15.9 Å². The lowest BCUT2D eigenvalue weighted by atomic mass is 10.1. The van der Waals surface area contributed by atoms with Crippen LogP contribution in [0.1, 0.15) is 31.1 Å². The zero-order valence-electron chi connectivity index (χ0n) is 20.6. The van der Waals surface area contributed by atoms with Crippen LogP contribution in [0.4, 0.5) is 17.2 Å². The summed E-state index contributed by atoms with van der Waals surface area (Å²) in [4.78, 5) is 16.8. The van der Waals surface area contributed by atoms with Crippen LogP contribution in [0.3, 0.4) is 0 Å². The van der Waals surface area contributed by atoms with Gasteiger partial charge in [-0.05, 0) is 39.0 Å². The standard InChI is InChI=1S/C24H30N6O5S/c1-6-36(32,33)29-17-9-7-16(8-10-17)21-20(22(25)31)23(30(28-21)24(2,3)4)27-18-11-12-26-19(15-18)35-14-13-34-5/h6-12,15,29H,1,13-14H2,2-5H3,(H2,25,31)(H,26,27). The third-order valence-electron chi connectivity index (χ3n) is 4.94. The van der Waals surface area contributed by atoms with Crippen LogP contribution in [0.15, 0.2) is 54.6 Å². The van der Waals surface area contributed by atoms with Crippen LogP contribution in [0.2, 0.25) is 0 Å². The van der Waals surface area contributed by atoms with Gasteiger partial charge in [0.15, 0.2) is 0 Å². The predicted octanol–water partition coefficient (Wildman–Crippen LogP) is 3.45. The molecule has 0 aliphatic rings. The highest BCUT2D eigenvalue weighted by Gasteiger charge is 2.29. The van der Waals surface area contributed by atoms with Crippen molar-refractivity contribution in [2.75, 3.05) is 30.4 Å². The number of benzene rings is 1. The summed E-state index contributed by atoms with van der Waals surface area (Å²) in [7, 11) is -2.07. The van der Waals surface area contributed by atoms with Gasteiger partial charge >= 0.3 is 0 Å². The van der Waals surface area contributed by atoms with E-state index in [1.54, 1.807) is 54.4 Å². The third-order valence-corrected chi connectivity index (χ3v) is 5.90.